The van der Waals surface area contributed by atoms with Gasteiger partial charge >= 0.3 is 0 Å². The minimum absolute atomic E-state index is 0.0985. The second-order valence-corrected chi connectivity index (χ2v) is 6.56. The van der Waals surface area contributed by atoms with Gasteiger partial charge in [0.15, 0.2) is 0 Å². The zero-order valence-electron chi connectivity index (χ0n) is 12.2. The Labute approximate surface area is 129 Å². The second kappa shape index (κ2) is 7.43. The molecule has 1 aromatic carbocycles. The molecule has 3 atom stereocenters. The molecule has 0 aromatic heterocycles. The van der Waals surface area contributed by atoms with E-state index in [0.717, 1.165) is 36.0 Å². The molecule has 2 rings (SSSR count). The van der Waals surface area contributed by atoms with Crippen molar-refractivity contribution in [3.63, 3.8) is 0 Å². The molecule has 112 valence electrons. The smallest absolute Gasteiger partial charge is 0.120 e. The topological polar surface area (TPSA) is 41.5 Å². The number of halogens is 1. The summed E-state index contributed by atoms with van der Waals surface area (Å²) in [5.41, 5.74) is 1.24. The van der Waals surface area contributed by atoms with Gasteiger partial charge in [-0.2, -0.15) is 0 Å². The SMILES string of the molecule is COc1ccc(C(C)NCC2CCCC(O)C2)c(Br)c1. The fourth-order valence-corrected chi connectivity index (χ4v) is 3.59. The number of hydrogen-bond acceptors (Lipinski definition) is 3. The van der Waals surface area contributed by atoms with E-state index in [1.54, 1.807) is 7.11 Å². The van der Waals surface area contributed by atoms with Gasteiger partial charge in [-0.05, 0) is 56.3 Å². The first-order valence-corrected chi connectivity index (χ1v) is 8.14. The molecule has 3 unspecified atom stereocenters. The van der Waals surface area contributed by atoms with Crippen LogP contribution in [-0.4, -0.2) is 24.9 Å². The van der Waals surface area contributed by atoms with Crippen molar-refractivity contribution in [2.75, 3.05) is 13.7 Å². The maximum Gasteiger partial charge on any atom is 0.120 e. The van der Waals surface area contributed by atoms with E-state index < -0.39 is 0 Å². The summed E-state index contributed by atoms with van der Waals surface area (Å²) in [6.07, 6.45) is 4.17. The minimum Gasteiger partial charge on any atom is -0.497 e. The van der Waals surface area contributed by atoms with Crippen molar-refractivity contribution < 1.29 is 9.84 Å². The summed E-state index contributed by atoms with van der Waals surface area (Å²) in [7, 11) is 1.68. The monoisotopic (exact) mass is 341 g/mol. The second-order valence-electron chi connectivity index (χ2n) is 5.70. The Balaban J connectivity index is 1.89. The summed E-state index contributed by atoms with van der Waals surface area (Å²) in [5.74, 6) is 1.46. The van der Waals surface area contributed by atoms with E-state index in [1.165, 1.54) is 12.0 Å². The quantitative estimate of drug-likeness (QED) is 0.858. The first-order chi connectivity index (χ1) is 9.60. The molecule has 2 N–H and O–H groups in total. The van der Waals surface area contributed by atoms with E-state index in [0.29, 0.717) is 5.92 Å². The van der Waals surface area contributed by atoms with Crippen molar-refractivity contribution >= 4 is 15.9 Å². The largest absolute Gasteiger partial charge is 0.497 e. The lowest BCUT2D eigenvalue weighted by molar-refractivity contribution is 0.0998. The number of nitrogens with one attached hydrogen (secondary N) is 1. The van der Waals surface area contributed by atoms with Gasteiger partial charge in [-0.15, -0.1) is 0 Å². The molecule has 1 aliphatic carbocycles. The fraction of sp³-hybridized carbons (Fsp3) is 0.625. The van der Waals surface area contributed by atoms with Crippen molar-refractivity contribution in [1.29, 1.82) is 0 Å². The molecule has 1 aromatic rings. The summed E-state index contributed by atoms with van der Waals surface area (Å²) >= 11 is 3.60. The summed E-state index contributed by atoms with van der Waals surface area (Å²) in [4.78, 5) is 0. The van der Waals surface area contributed by atoms with Crippen molar-refractivity contribution in [2.45, 2.75) is 44.8 Å². The van der Waals surface area contributed by atoms with Gasteiger partial charge < -0.3 is 15.2 Å². The van der Waals surface area contributed by atoms with Crippen LogP contribution in [0.25, 0.3) is 0 Å². The van der Waals surface area contributed by atoms with E-state index in [4.69, 9.17) is 4.74 Å². The highest BCUT2D eigenvalue weighted by molar-refractivity contribution is 9.10. The highest BCUT2D eigenvalue weighted by Crippen LogP contribution is 2.29. The Morgan fingerprint density at radius 1 is 1.45 bits per heavy atom. The number of ether oxygens (including phenoxy) is 1. The molecule has 0 heterocycles. The Morgan fingerprint density at radius 3 is 2.90 bits per heavy atom. The molecule has 0 saturated heterocycles. The van der Waals surface area contributed by atoms with Crippen molar-refractivity contribution in [2.24, 2.45) is 5.92 Å². The number of methoxy groups -OCH3 is 1. The Kier molecular flexibility index (Phi) is 5.87. The van der Waals surface area contributed by atoms with Crippen LogP contribution in [0.5, 0.6) is 5.75 Å². The highest BCUT2D eigenvalue weighted by Gasteiger charge is 2.20. The van der Waals surface area contributed by atoms with Crippen LogP contribution in [0.1, 0.15) is 44.2 Å². The lowest BCUT2D eigenvalue weighted by Crippen LogP contribution is -2.30. The van der Waals surface area contributed by atoms with Crippen molar-refractivity contribution in [3.05, 3.63) is 28.2 Å². The Morgan fingerprint density at radius 2 is 2.25 bits per heavy atom. The average molecular weight is 342 g/mol. The summed E-state index contributed by atoms with van der Waals surface area (Å²) in [6.45, 7) is 3.14. The molecule has 0 amide bonds. The predicted molar refractivity (Wildman–Crippen MR) is 85.1 cm³/mol. The van der Waals surface area contributed by atoms with E-state index in [9.17, 15) is 5.11 Å². The Bertz CT molecular complexity index is 438. The molecular weight excluding hydrogens is 318 g/mol. The van der Waals surface area contributed by atoms with Gasteiger partial charge in [0.1, 0.15) is 5.75 Å². The van der Waals surface area contributed by atoms with Crippen LogP contribution >= 0.6 is 15.9 Å². The summed E-state index contributed by atoms with van der Waals surface area (Å²) in [6, 6.07) is 6.37. The third-order valence-corrected chi connectivity index (χ3v) is 4.83. The molecule has 0 aliphatic heterocycles. The predicted octanol–water partition coefficient (Wildman–Crippen LogP) is 3.66. The number of hydrogen-bond donors (Lipinski definition) is 2. The lowest BCUT2D eigenvalue weighted by atomic mass is 9.87. The lowest BCUT2D eigenvalue weighted by Gasteiger charge is -2.27. The molecule has 0 radical (unpaired) electrons. The van der Waals surface area contributed by atoms with Gasteiger partial charge in [-0.25, -0.2) is 0 Å². The molecule has 3 nitrogen and oxygen atoms in total. The molecule has 1 aliphatic rings. The maximum absolute atomic E-state index is 9.71. The maximum atomic E-state index is 9.71. The van der Waals surface area contributed by atoms with Crippen LogP contribution in [0.4, 0.5) is 0 Å². The van der Waals surface area contributed by atoms with Crippen LogP contribution < -0.4 is 10.1 Å². The van der Waals surface area contributed by atoms with Gasteiger partial charge in [0.25, 0.3) is 0 Å². The van der Waals surface area contributed by atoms with E-state index >= 15 is 0 Å². The number of aliphatic hydroxyl groups excluding tert-OH is 1. The van der Waals surface area contributed by atoms with Gasteiger partial charge in [-0.1, -0.05) is 28.4 Å². The number of rotatable bonds is 5. The third kappa shape index (κ3) is 4.21. The van der Waals surface area contributed by atoms with Gasteiger partial charge in [0.05, 0.1) is 13.2 Å². The third-order valence-electron chi connectivity index (χ3n) is 4.14. The molecular formula is C16H24BrNO2. The van der Waals surface area contributed by atoms with Crippen LogP contribution in [0.15, 0.2) is 22.7 Å². The zero-order chi connectivity index (χ0) is 14.5. The van der Waals surface area contributed by atoms with Crippen LogP contribution in [0, 0.1) is 5.92 Å². The molecule has 1 saturated carbocycles. The van der Waals surface area contributed by atoms with E-state index in [2.05, 4.69) is 34.2 Å². The fourth-order valence-electron chi connectivity index (χ4n) is 2.89. The van der Waals surface area contributed by atoms with Gasteiger partial charge in [0.2, 0.25) is 0 Å². The van der Waals surface area contributed by atoms with E-state index in [1.807, 2.05) is 12.1 Å². The first-order valence-electron chi connectivity index (χ1n) is 7.35. The normalized spacial score (nSPS) is 24.4. The zero-order valence-corrected chi connectivity index (χ0v) is 13.8. The van der Waals surface area contributed by atoms with Crippen LogP contribution in [-0.2, 0) is 0 Å². The molecule has 20 heavy (non-hydrogen) atoms. The molecule has 0 spiro atoms. The van der Waals surface area contributed by atoms with Crippen molar-refractivity contribution in [3.8, 4) is 5.75 Å². The Hall–Kier alpha value is -0.580. The van der Waals surface area contributed by atoms with Gasteiger partial charge in [-0.3, -0.25) is 0 Å². The van der Waals surface area contributed by atoms with Crippen molar-refractivity contribution in [1.82, 2.24) is 5.32 Å². The molecule has 1 fully saturated rings. The number of benzene rings is 1. The summed E-state index contributed by atoms with van der Waals surface area (Å²) < 4.78 is 6.29. The standard InChI is InChI=1S/C16H24BrNO2/c1-11(15-7-6-14(20-2)9-16(15)17)18-10-12-4-3-5-13(19)8-12/h6-7,9,11-13,18-19H,3-5,8,10H2,1-2H3. The molecule has 4 heteroatoms. The van der Waals surface area contributed by atoms with Gasteiger partial charge in [0, 0.05) is 10.5 Å². The minimum atomic E-state index is -0.0985. The summed E-state index contributed by atoms with van der Waals surface area (Å²) in [5, 5.41) is 13.3. The van der Waals surface area contributed by atoms with Crippen LogP contribution in [0.2, 0.25) is 0 Å². The highest BCUT2D eigenvalue weighted by atomic mass is 79.9. The van der Waals surface area contributed by atoms with E-state index in [-0.39, 0.29) is 12.1 Å². The average Bonchev–Trinajstić information content (AvgIpc) is 2.44. The first kappa shape index (κ1) is 15.8. The molecule has 0 bridgehead atoms. The number of aliphatic hydroxyl groups is 1. The van der Waals surface area contributed by atoms with Crippen LogP contribution in [0.3, 0.4) is 0 Å².